The van der Waals surface area contributed by atoms with Crippen LogP contribution in [0.3, 0.4) is 0 Å². The summed E-state index contributed by atoms with van der Waals surface area (Å²) < 4.78 is 0. The van der Waals surface area contributed by atoms with E-state index in [0.717, 1.165) is 31.0 Å². The van der Waals surface area contributed by atoms with Gasteiger partial charge in [-0.15, -0.1) is 0 Å². The van der Waals surface area contributed by atoms with Gasteiger partial charge >= 0.3 is 0 Å². The van der Waals surface area contributed by atoms with Gasteiger partial charge in [-0.3, -0.25) is 4.79 Å². The molecule has 0 bridgehead atoms. The molecule has 1 saturated heterocycles. The highest BCUT2D eigenvalue weighted by atomic mass is 32.2. The van der Waals surface area contributed by atoms with E-state index in [1.165, 1.54) is 0 Å². The van der Waals surface area contributed by atoms with Crippen molar-refractivity contribution >= 4 is 17.7 Å². The maximum atomic E-state index is 11.8. The minimum Gasteiger partial charge on any atom is -0.368 e. The molecule has 1 unspecified atom stereocenters. The lowest BCUT2D eigenvalue weighted by Crippen LogP contribution is -2.62. The van der Waals surface area contributed by atoms with Crippen LogP contribution in [-0.4, -0.2) is 55.0 Å². The lowest BCUT2D eigenvalue weighted by Gasteiger charge is -2.43. The molecule has 100 valence electrons. The molecule has 0 saturated carbocycles. The van der Waals surface area contributed by atoms with E-state index in [9.17, 15) is 4.79 Å². The number of rotatable bonds is 5. The molecular formula is C12H25N3OS. The third kappa shape index (κ3) is 4.16. The van der Waals surface area contributed by atoms with E-state index >= 15 is 0 Å². The summed E-state index contributed by atoms with van der Waals surface area (Å²) in [4.78, 5) is 13.9. The molecule has 0 aromatic rings. The van der Waals surface area contributed by atoms with E-state index in [-0.39, 0.29) is 11.3 Å². The summed E-state index contributed by atoms with van der Waals surface area (Å²) in [6.07, 6.45) is 0.829. The van der Waals surface area contributed by atoms with Crippen LogP contribution in [0.2, 0.25) is 0 Å². The van der Waals surface area contributed by atoms with E-state index < -0.39 is 5.54 Å². The van der Waals surface area contributed by atoms with Gasteiger partial charge in [0.1, 0.15) is 5.54 Å². The lowest BCUT2D eigenvalue weighted by molar-refractivity contribution is -0.124. The second-order valence-corrected chi connectivity index (χ2v) is 7.00. The average Bonchev–Trinajstić information content (AvgIpc) is 2.15. The van der Waals surface area contributed by atoms with E-state index in [1.807, 2.05) is 25.9 Å². The van der Waals surface area contributed by atoms with E-state index in [4.69, 9.17) is 5.73 Å². The maximum absolute atomic E-state index is 11.8. The molecule has 1 aliphatic heterocycles. The molecule has 1 rings (SSSR count). The van der Waals surface area contributed by atoms with Crippen LogP contribution in [-0.2, 0) is 4.79 Å². The quantitative estimate of drug-likeness (QED) is 0.756. The van der Waals surface area contributed by atoms with Crippen molar-refractivity contribution in [2.45, 2.75) is 25.8 Å². The third-order valence-electron chi connectivity index (χ3n) is 3.12. The van der Waals surface area contributed by atoms with Gasteiger partial charge < -0.3 is 16.0 Å². The summed E-state index contributed by atoms with van der Waals surface area (Å²) in [6.45, 7) is 6.11. The highest BCUT2D eigenvalue weighted by Gasteiger charge is 2.44. The molecule has 3 N–H and O–H groups in total. The van der Waals surface area contributed by atoms with Gasteiger partial charge in [-0.05, 0) is 31.7 Å². The molecule has 1 amide bonds. The van der Waals surface area contributed by atoms with Crippen LogP contribution in [0.4, 0.5) is 0 Å². The zero-order valence-electron chi connectivity index (χ0n) is 11.4. The number of likely N-dealkylation sites (N-methyl/N-ethyl adjacent to an activating group) is 1. The molecule has 5 heteroatoms. The van der Waals surface area contributed by atoms with Crippen molar-refractivity contribution in [2.75, 3.05) is 38.7 Å². The van der Waals surface area contributed by atoms with Crippen LogP contribution in [0.1, 0.15) is 20.3 Å². The summed E-state index contributed by atoms with van der Waals surface area (Å²) in [5.41, 5.74) is 5.26. The molecule has 1 heterocycles. The molecule has 0 radical (unpaired) electrons. The van der Waals surface area contributed by atoms with Gasteiger partial charge in [0.05, 0.1) is 0 Å². The normalized spacial score (nSPS) is 28.3. The standard InChI is InChI=1S/C12H25N3OS/c1-11(2)7-12(10(13)16,9-17-8-11)14-5-6-15(3)4/h14H,5-9H2,1-4H3,(H2,13,16). The number of carbonyl (C=O) groups excluding carboxylic acids is 1. The summed E-state index contributed by atoms with van der Waals surface area (Å²) in [7, 11) is 4.05. The molecule has 1 atom stereocenters. The van der Waals surface area contributed by atoms with Gasteiger partial charge in [-0.25, -0.2) is 0 Å². The Bertz CT molecular complexity index is 281. The molecule has 0 aromatic heterocycles. The number of nitrogens with two attached hydrogens (primary N) is 1. The largest absolute Gasteiger partial charge is 0.368 e. The van der Waals surface area contributed by atoms with Crippen molar-refractivity contribution in [2.24, 2.45) is 11.1 Å². The minimum absolute atomic E-state index is 0.170. The van der Waals surface area contributed by atoms with Gasteiger partial charge in [-0.2, -0.15) is 11.8 Å². The second kappa shape index (κ2) is 5.59. The van der Waals surface area contributed by atoms with Gasteiger partial charge in [0.15, 0.2) is 0 Å². The summed E-state index contributed by atoms with van der Waals surface area (Å²) in [5, 5.41) is 3.38. The van der Waals surface area contributed by atoms with Crippen LogP contribution in [0.5, 0.6) is 0 Å². The fourth-order valence-corrected chi connectivity index (χ4v) is 3.75. The van der Waals surface area contributed by atoms with Crippen molar-refractivity contribution in [1.29, 1.82) is 0 Å². The lowest BCUT2D eigenvalue weighted by atomic mass is 9.79. The molecular weight excluding hydrogens is 234 g/mol. The van der Waals surface area contributed by atoms with Gasteiger partial charge in [0, 0.05) is 18.8 Å². The summed E-state index contributed by atoms with van der Waals surface area (Å²) in [5.74, 6) is 1.67. The van der Waals surface area contributed by atoms with Crippen LogP contribution in [0.15, 0.2) is 0 Å². The first-order chi connectivity index (χ1) is 7.77. The summed E-state index contributed by atoms with van der Waals surface area (Å²) >= 11 is 1.82. The number of hydrogen-bond acceptors (Lipinski definition) is 4. The van der Waals surface area contributed by atoms with Crippen LogP contribution < -0.4 is 11.1 Å². The smallest absolute Gasteiger partial charge is 0.238 e. The Morgan fingerprint density at radius 1 is 1.41 bits per heavy atom. The Morgan fingerprint density at radius 2 is 2.06 bits per heavy atom. The van der Waals surface area contributed by atoms with Crippen molar-refractivity contribution in [3.05, 3.63) is 0 Å². The van der Waals surface area contributed by atoms with Gasteiger partial charge in [-0.1, -0.05) is 13.8 Å². The number of nitrogens with zero attached hydrogens (tertiary/aromatic N) is 1. The molecule has 0 spiro atoms. The average molecular weight is 259 g/mol. The third-order valence-corrected chi connectivity index (χ3v) is 4.80. The fourth-order valence-electron chi connectivity index (χ4n) is 2.30. The maximum Gasteiger partial charge on any atom is 0.238 e. The monoisotopic (exact) mass is 259 g/mol. The number of carbonyl (C=O) groups is 1. The van der Waals surface area contributed by atoms with E-state index in [2.05, 4.69) is 24.1 Å². The number of primary amides is 1. The highest BCUT2D eigenvalue weighted by molar-refractivity contribution is 7.99. The summed E-state index contributed by atoms with van der Waals surface area (Å²) in [6, 6.07) is 0. The van der Waals surface area contributed by atoms with Crippen molar-refractivity contribution in [3.63, 3.8) is 0 Å². The van der Waals surface area contributed by atoms with Crippen LogP contribution >= 0.6 is 11.8 Å². The predicted molar refractivity (Wildman–Crippen MR) is 74.2 cm³/mol. The van der Waals surface area contributed by atoms with Crippen LogP contribution in [0.25, 0.3) is 0 Å². The number of thioether (sulfide) groups is 1. The minimum atomic E-state index is -0.525. The molecule has 1 fully saturated rings. The fraction of sp³-hybridized carbons (Fsp3) is 0.917. The Kier molecular flexibility index (Phi) is 4.86. The second-order valence-electron chi connectivity index (χ2n) is 6.01. The first-order valence-electron chi connectivity index (χ1n) is 6.05. The van der Waals surface area contributed by atoms with E-state index in [1.54, 1.807) is 0 Å². The first-order valence-corrected chi connectivity index (χ1v) is 7.20. The Hall–Kier alpha value is -0.260. The molecule has 0 aromatic carbocycles. The Balaban J connectivity index is 2.66. The zero-order chi connectivity index (χ0) is 13.1. The van der Waals surface area contributed by atoms with Gasteiger partial charge in [0.25, 0.3) is 0 Å². The van der Waals surface area contributed by atoms with Crippen molar-refractivity contribution < 1.29 is 4.79 Å². The van der Waals surface area contributed by atoms with Crippen molar-refractivity contribution in [1.82, 2.24) is 10.2 Å². The molecule has 1 aliphatic rings. The number of nitrogens with one attached hydrogen (secondary N) is 1. The first kappa shape index (κ1) is 14.8. The van der Waals surface area contributed by atoms with Crippen molar-refractivity contribution in [3.8, 4) is 0 Å². The topological polar surface area (TPSA) is 58.4 Å². The zero-order valence-corrected chi connectivity index (χ0v) is 12.2. The Morgan fingerprint density at radius 3 is 2.53 bits per heavy atom. The predicted octanol–water partition coefficient (Wildman–Crippen LogP) is 0.525. The number of amides is 1. The van der Waals surface area contributed by atoms with Gasteiger partial charge in [0.2, 0.25) is 5.91 Å². The molecule has 4 nitrogen and oxygen atoms in total. The highest BCUT2D eigenvalue weighted by Crippen LogP contribution is 2.38. The van der Waals surface area contributed by atoms with E-state index in [0.29, 0.717) is 0 Å². The molecule has 0 aliphatic carbocycles. The van der Waals surface area contributed by atoms with Crippen LogP contribution in [0, 0.1) is 5.41 Å². The Labute approximate surface area is 109 Å². The SMILES string of the molecule is CN(C)CCNC1(C(N)=O)CSCC(C)(C)C1. The molecule has 17 heavy (non-hydrogen) atoms. The number of hydrogen-bond donors (Lipinski definition) is 2.